The molecular weight excluding hydrogens is 286 g/mol. The lowest BCUT2D eigenvalue weighted by molar-refractivity contribution is -0.156. The summed E-state index contributed by atoms with van der Waals surface area (Å²) in [6, 6.07) is -0.414. The summed E-state index contributed by atoms with van der Waals surface area (Å²) in [7, 11) is 2.92. The zero-order chi connectivity index (χ0) is 15.9. The van der Waals surface area contributed by atoms with Crippen LogP contribution in [0.4, 0.5) is 4.79 Å². The van der Waals surface area contributed by atoms with E-state index in [9.17, 15) is 9.59 Å². The van der Waals surface area contributed by atoms with Crippen LogP contribution in [0.2, 0.25) is 0 Å². The molecule has 0 saturated carbocycles. The highest BCUT2D eigenvalue weighted by Crippen LogP contribution is 2.14. The van der Waals surface area contributed by atoms with Crippen LogP contribution in [-0.2, 0) is 19.0 Å². The first-order valence-corrected chi connectivity index (χ1v) is 6.72. The van der Waals surface area contributed by atoms with Crippen LogP contribution < -0.4 is 0 Å². The predicted molar refractivity (Wildman–Crippen MR) is 75.7 cm³/mol. The van der Waals surface area contributed by atoms with Crippen molar-refractivity contribution < 1.29 is 23.8 Å². The number of carbonyl (C=O) groups is 2. The van der Waals surface area contributed by atoms with Gasteiger partial charge in [0.2, 0.25) is 0 Å². The molecule has 0 heterocycles. The third-order valence-corrected chi connectivity index (χ3v) is 2.73. The Bertz CT molecular complexity index is 325. The van der Waals surface area contributed by atoms with Crippen LogP contribution in [0.25, 0.3) is 0 Å². The molecule has 0 N–H and O–H groups in total. The van der Waals surface area contributed by atoms with Crippen LogP contribution in [-0.4, -0.2) is 54.9 Å². The van der Waals surface area contributed by atoms with E-state index in [0.717, 1.165) is 0 Å². The van der Waals surface area contributed by atoms with E-state index in [2.05, 4.69) is 0 Å². The van der Waals surface area contributed by atoms with Crippen molar-refractivity contribution in [3.8, 4) is 0 Å². The molecule has 0 bridgehead atoms. The standard InChI is InChI=1S/C13H24ClNO5/c1-9(7-10(16)20-13(2,3)4)15(12(14)17)8-11(18-5)19-6/h9,11H,7-8H2,1-6H3. The zero-order valence-electron chi connectivity index (χ0n) is 12.9. The Hall–Kier alpha value is -0.850. The van der Waals surface area contributed by atoms with Crippen LogP contribution >= 0.6 is 11.6 Å². The van der Waals surface area contributed by atoms with Crippen LogP contribution in [0.5, 0.6) is 0 Å². The van der Waals surface area contributed by atoms with E-state index >= 15 is 0 Å². The average molecular weight is 310 g/mol. The number of ether oxygens (including phenoxy) is 3. The van der Waals surface area contributed by atoms with Gasteiger partial charge in [-0.3, -0.25) is 9.59 Å². The van der Waals surface area contributed by atoms with Gasteiger partial charge in [-0.25, -0.2) is 0 Å². The largest absolute Gasteiger partial charge is 0.460 e. The summed E-state index contributed by atoms with van der Waals surface area (Å²) in [5.41, 5.74) is -0.561. The summed E-state index contributed by atoms with van der Waals surface area (Å²) in [6.07, 6.45) is -0.547. The smallest absolute Gasteiger partial charge is 0.316 e. The molecular formula is C13H24ClNO5. The molecule has 1 atom stereocenters. The molecule has 0 saturated heterocycles. The first-order valence-electron chi connectivity index (χ1n) is 6.34. The molecule has 118 valence electrons. The fourth-order valence-electron chi connectivity index (χ4n) is 1.57. The third-order valence-electron chi connectivity index (χ3n) is 2.51. The van der Waals surface area contributed by atoms with Crippen LogP contribution in [0.3, 0.4) is 0 Å². The molecule has 7 heteroatoms. The van der Waals surface area contributed by atoms with Gasteiger partial charge in [0.25, 0.3) is 0 Å². The molecule has 20 heavy (non-hydrogen) atoms. The lowest BCUT2D eigenvalue weighted by Crippen LogP contribution is -2.43. The number of rotatable bonds is 7. The van der Waals surface area contributed by atoms with Gasteiger partial charge in [-0.1, -0.05) is 0 Å². The van der Waals surface area contributed by atoms with Crippen LogP contribution in [0, 0.1) is 0 Å². The second kappa shape index (κ2) is 8.44. The van der Waals surface area contributed by atoms with Crippen LogP contribution in [0.1, 0.15) is 34.1 Å². The Morgan fingerprint density at radius 1 is 1.20 bits per heavy atom. The lowest BCUT2D eigenvalue weighted by Gasteiger charge is -2.30. The molecule has 0 aliphatic heterocycles. The van der Waals surface area contributed by atoms with Crippen molar-refractivity contribution in [2.24, 2.45) is 0 Å². The third kappa shape index (κ3) is 7.67. The molecule has 0 aliphatic rings. The Labute approximate surface area is 125 Å². The lowest BCUT2D eigenvalue weighted by atomic mass is 10.1. The van der Waals surface area contributed by atoms with E-state index in [4.69, 9.17) is 25.8 Å². The Balaban J connectivity index is 4.61. The highest BCUT2D eigenvalue weighted by atomic mass is 35.5. The number of nitrogens with zero attached hydrogens (tertiary/aromatic N) is 1. The first kappa shape index (κ1) is 19.1. The van der Waals surface area contributed by atoms with Crippen molar-refractivity contribution in [1.29, 1.82) is 0 Å². The maximum Gasteiger partial charge on any atom is 0.316 e. The van der Waals surface area contributed by atoms with Gasteiger partial charge in [-0.15, -0.1) is 0 Å². The number of hydrogen-bond acceptors (Lipinski definition) is 5. The fourth-order valence-corrected chi connectivity index (χ4v) is 1.80. The predicted octanol–water partition coefficient (Wildman–Crippen LogP) is 2.39. The van der Waals surface area contributed by atoms with Crippen molar-refractivity contribution in [3.63, 3.8) is 0 Å². The minimum atomic E-state index is -0.667. The monoisotopic (exact) mass is 309 g/mol. The van der Waals surface area contributed by atoms with Crippen molar-refractivity contribution in [2.45, 2.75) is 52.0 Å². The topological polar surface area (TPSA) is 65.1 Å². The van der Waals surface area contributed by atoms with Gasteiger partial charge < -0.3 is 19.1 Å². The molecule has 0 aromatic rings. The van der Waals surface area contributed by atoms with Gasteiger partial charge in [0.1, 0.15) is 5.60 Å². The van der Waals surface area contributed by atoms with Crippen molar-refractivity contribution >= 4 is 22.9 Å². The zero-order valence-corrected chi connectivity index (χ0v) is 13.7. The number of amides is 1. The van der Waals surface area contributed by atoms with Crippen LogP contribution in [0.15, 0.2) is 0 Å². The number of halogens is 1. The summed E-state index contributed by atoms with van der Waals surface area (Å²) in [4.78, 5) is 24.5. The minimum absolute atomic E-state index is 0.0515. The second-order valence-electron chi connectivity index (χ2n) is 5.45. The molecule has 1 unspecified atom stereocenters. The molecule has 6 nitrogen and oxygen atoms in total. The Morgan fingerprint density at radius 3 is 2.05 bits per heavy atom. The number of esters is 1. The Morgan fingerprint density at radius 2 is 1.70 bits per heavy atom. The van der Waals surface area contributed by atoms with E-state index < -0.39 is 23.3 Å². The van der Waals surface area contributed by atoms with Gasteiger partial charge in [0.05, 0.1) is 13.0 Å². The number of hydrogen-bond donors (Lipinski definition) is 0. The van der Waals surface area contributed by atoms with E-state index in [0.29, 0.717) is 0 Å². The van der Waals surface area contributed by atoms with Gasteiger partial charge >= 0.3 is 11.3 Å². The Kier molecular flexibility index (Phi) is 8.08. The summed E-state index contributed by atoms with van der Waals surface area (Å²) < 4.78 is 15.3. The summed E-state index contributed by atoms with van der Waals surface area (Å²) in [5, 5.41) is -0.667. The maximum atomic E-state index is 11.8. The molecule has 0 aromatic heterocycles. The molecule has 0 spiro atoms. The molecule has 1 amide bonds. The normalized spacial score (nSPS) is 13.2. The van der Waals surface area contributed by atoms with Crippen molar-refractivity contribution in [1.82, 2.24) is 4.90 Å². The highest BCUT2D eigenvalue weighted by Gasteiger charge is 2.26. The maximum absolute atomic E-state index is 11.8. The molecule has 0 aliphatic carbocycles. The van der Waals surface area contributed by atoms with E-state index in [1.54, 1.807) is 27.7 Å². The van der Waals surface area contributed by atoms with Gasteiger partial charge in [0.15, 0.2) is 6.29 Å². The minimum Gasteiger partial charge on any atom is -0.460 e. The molecule has 0 aromatic carbocycles. The van der Waals surface area contributed by atoms with Gasteiger partial charge in [-0.2, -0.15) is 0 Å². The van der Waals surface area contributed by atoms with Gasteiger partial charge in [0, 0.05) is 20.3 Å². The van der Waals surface area contributed by atoms with E-state index in [-0.39, 0.29) is 18.9 Å². The average Bonchev–Trinajstić information content (AvgIpc) is 2.26. The summed E-state index contributed by atoms with van der Waals surface area (Å²) in [6.45, 7) is 7.20. The SMILES string of the molecule is COC(CN(C(=O)Cl)C(C)CC(=O)OC(C)(C)C)OC. The van der Waals surface area contributed by atoms with Gasteiger partial charge in [-0.05, 0) is 39.3 Å². The van der Waals surface area contributed by atoms with Crippen molar-refractivity contribution in [3.05, 3.63) is 0 Å². The van der Waals surface area contributed by atoms with E-state index in [1.807, 2.05) is 0 Å². The molecule has 0 fully saturated rings. The van der Waals surface area contributed by atoms with Crippen molar-refractivity contribution in [2.75, 3.05) is 20.8 Å². The summed E-state index contributed by atoms with van der Waals surface area (Å²) in [5.74, 6) is -0.390. The highest BCUT2D eigenvalue weighted by molar-refractivity contribution is 6.62. The molecule has 0 radical (unpaired) electrons. The number of methoxy groups -OCH3 is 2. The molecule has 0 rings (SSSR count). The fraction of sp³-hybridized carbons (Fsp3) is 0.846. The number of carbonyl (C=O) groups excluding carboxylic acids is 2. The summed E-state index contributed by atoms with van der Waals surface area (Å²) >= 11 is 5.54. The second-order valence-corrected chi connectivity index (χ2v) is 5.77. The van der Waals surface area contributed by atoms with E-state index in [1.165, 1.54) is 19.1 Å². The first-order chi connectivity index (χ1) is 9.10. The quantitative estimate of drug-likeness (QED) is 0.313.